The lowest BCUT2D eigenvalue weighted by Gasteiger charge is -2.31. The number of benzene rings is 2. The van der Waals surface area contributed by atoms with E-state index in [0.29, 0.717) is 36.5 Å². The third kappa shape index (κ3) is 6.77. The van der Waals surface area contributed by atoms with Crippen LogP contribution in [0.5, 0.6) is 5.75 Å². The lowest BCUT2D eigenvalue weighted by atomic mass is 9.96. The Balaban J connectivity index is 1.44. The molecule has 1 aliphatic rings. The number of carbonyl (C=O) groups is 3. The predicted molar refractivity (Wildman–Crippen MR) is 115 cm³/mol. The van der Waals surface area contributed by atoms with E-state index in [1.807, 2.05) is 0 Å². The molecule has 1 aliphatic heterocycles. The highest BCUT2D eigenvalue weighted by Gasteiger charge is 2.22. The summed E-state index contributed by atoms with van der Waals surface area (Å²) in [5.41, 5.74) is 1.07. The van der Waals surface area contributed by atoms with E-state index in [1.165, 1.54) is 31.2 Å². The van der Waals surface area contributed by atoms with Crippen LogP contribution >= 0.6 is 0 Å². The standard InChI is InChI=1S/C24H25FN2O4/c1-17(28)31-22-7-3-5-20(15-22)24(30)26-16-19-10-12-27(13-11-19)23(29)9-8-18-4-2-6-21(25)14-18/h2-9,14-15,19H,10-13,16H2,1H3,(H,26,30)/b9-8+. The van der Waals surface area contributed by atoms with E-state index in [2.05, 4.69) is 5.32 Å². The molecule has 3 rings (SSSR count). The summed E-state index contributed by atoms with van der Waals surface area (Å²) in [6.45, 7) is 3.03. The average molecular weight is 424 g/mol. The largest absolute Gasteiger partial charge is 0.427 e. The molecule has 1 N–H and O–H groups in total. The third-order valence-electron chi connectivity index (χ3n) is 5.10. The molecule has 0 spiro atoms. The number of nitrogens with one attached hydrogen (secondary N) is 1. The summed E-state index contributed by atoms with van der Waals surface area (Å²) in [6, 6.07) is 12.6. The van der Waals surface area contributed by atoms with E-state index < -0.39 is 5.97 Å². The van der Waals surface area contributed by atoms with Gasteiger partial charge in [0.25, 0.3) is 5.91 Å². The van der Waals surface area contributed by atoms with Crippen LogP contribution in [0.4, 0.5) is 4.39 Å². The lowest BCUT2D eigenvalue weighted by Crippen LogP contribution is -2.41. The number of ether oxygens (including phenoxy) is 1. The molecular weight excluding hydrogens is 399 g/mol. The minimum atomic E-state index is -0.440. The van der Waals surface area contributed by atoms with Crippen LogP contribution in [-0.4, -0.2) is 42.3 Å². The van der Waals surface area contributed by atoms with Gasteiger partial charge >= 0.3 is 5.97 Å². The zero-order valence-corrected chi connectivity index (χ0v) is 17.3. The second-order valence-corrected chi connectivity index (χ2v) is 7.49. The first-order valence-corrected chi connectivity index (χ1v) is 10.2. The fourth-order valence-electron chi connectivity index (χ4n) is 3.45. The molecule has 0 unspecified atom stereocenters. The number of carbonyl (C=O) groups excluding carboxylic acids is 3. The number of hydrogen-bond donors (Lipinski definition) is 1. The Hall–Kier alpha value is -3.48. The number of nitrogens with zero attached hydrogens (tertiary/aromatic N) is 1. The highest BCUT2D eigenvalue weighted by atomic mass is 19.1. The molecule has 0 aliphatic carbocycles. The van der Waals surface area contributed by atoms with Gasteiger partial charge in [-0.1, -0.05) is 18.2 Å². The first-order chi connectivity index (χ1) is 14.9. The molecule has 2 aromatic carbocycles. The highest BCUT2D eigenvalue weighted by Crippen LogP contribution is 2.18. The Bertz CT molecular complexity index is 981. The fourth-order valence-corrected chi connectivity index (χ4v) is 3.45. The van der Waals surface area contributed by atoms with Crippen molar-refractivity contribution in [2.45, 2.75) is 19.8 Å². The van der Waals surface area contributed by atoms with Crippen molar-refractivity contribution in [3.8, 4) is 5.75 Å². The van der Waals surface area contributed by atoms with Gasteiger partial charge in [-0.15, -0.1) is 0 Å². The van der Waals surface area contributed by atoms with Gasteiger partial charge < -0.3 is 15.0 Å². The molecule has 2 aromatic rings. The van der Waals surface area contributed by atoms with E-state index in [4.69, 9.17) is 4.74 Å². The molecular formula is C24H25FN2O4. The summed E-state index contributed by atoms with van der Waals surface area (Å²) >= 11 is 0. The van der Waals surface area contributed by atoms with Crippen LogP contribution in [0.2, 0.25) is 0 Å². The number of piperidine rings is 1. The Morgan fingerprint density at radius 2 is 1.87 bits per heavy atom. The Morgan fingerprint density at radius 3 is 2.58 bits per heavy atom. The summed E-state index contributed by atoms with van der Waals surface area (Å²) in [4.78, 5) is 37.6. The molecule has 0 saturated carbocycles. The molecule has 1 saturated heterocycles. The van der Waals surface area contributed by atoms with Crippen LogP contribution < -0.4 is 10.1 Å². The SMILES string of the molecule is CC(=O)Oc1cccc(C(=O)NCC2CCN(C(=O)/C=C/c3cccc(F)c3)CC2)c1. The predicted octanol–water partition coefficient (Wildman–Crippen LogP) is 3.43. The van der Waals surface area contributed by atoms with Gasteiger partial charge in [-0.25, -0.2) is 4.39 Å². The maximum Gasteiger partial charge on any atom is 0.308 e. The van der Waals surface area contributed by atoms with Crippen molar-refractivity contribution in [2.75, 3.05) is 19.6 Å². The molecule has 0 atom stereocenters. The maximum absolute atomic E-state index is 13.2. The Kier molecular flexibility index (Phi) is 7.54. The number of rotatable bonds is 6. The minimum Gasteiger partial charge on any atom is -0.427 e. The van der Waals surface area contributed by atoms with Crippen LogP contribution in [0, 0.1) is 11.7 Å². The molecule has 0 radical (unpaired) electrons. The van der Waals surface area contributed by atoms with Crippen molar-refractivity contribution < 1.29 is 23.5 Å². The zero-order chi connectivity index (χ0) is 22.2. The van der Waals surface area contributed by atoms with E-state index in [1.54, 1.807) is 41.3 Å². The fraction of sp³-hybridized carbons (Fsp3) is 0.292. The normalized spacial score (nSPS) is 14.5. The molecule has 162 valence electrons. The van der Waals surface area contributed by atoms with E-state index in [-0.39, 0.29) is 23.5 Å². The Morgan fingerprint density at radius 1 is 1.13 bits per heavy atom. The van der Waals surface area contributed by atoms with Crippen molar-refractivity contribution in [3.63, 3.8) is 0 Å². The van der Waals surface area contributed by atoms with Gasteiger partial charge in [0.15, 0.2) is 0 Å². The van der Waals surface area contributed by atoms with E-state index in [0.717, 1.165) is 12.8 Å². The van der Waals surface area contributed by atoms with Crippen LogP contribution in [-0.2, 0) is 9.59 Å². The van der Waals surface area contributed by atoms with Gasteiger partial charge in [-0.3, -0.25) is 14.4 Å². The Labute approximate surface area is 180 Å². The first-order valence-electron chi connectivity index (χ1n) is 10.2. The zero-order valence-electron chi connectivity index (χ0n) is 17.3. The molecule has 1 fully saturated rings. The van der Waals surface area contributed by atoms with E-state index >= 15 is 0 Å². The number of amides is 2. The number of hydrogen-bond acceptors (Lipinski definition) is 4. The van der Waals surface area contributed by atoms with Gasteiger partial charge in [0.05, 0.1) is 0 Å². The number of likely N-dealkylation sites (tertiary alicyclic amines) is 1. The van der Waals surface area contributed by atoms with Crippen molar-refractivity contribution in [1.82, 2.24) is 10.2 Å². The number of esters is 1. The molecule has 6 nitrogen and oxygen atoms in total. The lowest BCUT2D eigenvalue weighted by molar-refractivity contribution is -0.132. The maximum atomic E-state index is 13.2. The summed E-state index contributed by atoms with van der Waals surface area (Å²) in [6.07, 6.45) is 4.65. The molecule has 31 heavy (non-hydrogen) atoms. The van der Waals surface area contributed by atoms with Gasteiger partial charge in [0.1, 0.15) is 11.6 Å². The molecule has 2 amide bonds. The quantitative estimate of drug-likeness (QED) is 0.438. The summed E-state index contributed by atoms with van der Waals surface area (Å²) in [5.74, 6) is -0.505. The van der Waals surface area contributed by atoms with Crippen molar-refractivity contribution >= 4 is 23.9 Å². The van der Waals surface area contributed by atoms with Crippen molar-refractivity contribution in [3.05, 3.63) is 71.6 Å². The second-order valence-electron chi connectivity index (χ2n) is 7.49. The van der Waals surface area contributed by atoms with Crippen LogP contribution in [0.15, 0.2) is 54.6 Å². The molecule has 0 bridgehead atoms. The minimum absolute atomic E-state index is 0.103. The second kappa shape index (κ2) is 10.5. The summed E-state index contributed by atoms with van der Waals surface area (Å²) < 4.78 is 18.2. The van der Waals surface area contributed by atoms with Gasteiger partial charge in [-0.2, -0.15) is 0 Å². The van der Waals surface area contributed by atoms with Gasteiger partial charge in [0, 0.05) is 38.2 Å². The topological polar surface area (TPSA) is 75.7 Å². The third-order valence-corrected chi connectivity index (χ3v) is 5.10. The highest BCUT2D eigenvalue weighted by molar-refractivity contribution is 5.94. The summed E-state index contributed by atoms with van der Waals surface area (Å²) in [5, 5.41) is 2.91. The number of halogens is 1. The van der Waals surface area contributed by atoms with Crippen LogP contribution in [0.25, 0.3) is 6.08 Å². The smallest absolute Gasteiger partial charge is 0.308 e. The summed E-state index contributed by atoms with van der Waals surface area (Å²) in [7, 11) is 0. The van der Waals surface area contributed by atoms with E-state index in [9.17, 15) is 18.8 Å². The molecule has 7 heteroatoms. The molecule has 0 aromatic heterocycles. The van der Waals surface area contributed by atoms with Crippen molar-refractivity contribution in [1.29, 1.82) is 0 Å². The molecule has 1 heterocycles. The first kappa shape index (κ1) is 22.2. The van der Waals surface area contributed by atoms with Gasteiger partial charge in [0.2, 0.25) is 5.91 Å². The van der Waals surface area contributed by atoms with Crippen molar-refractivity contribution in [2.24, 2.45) is 5.92 Å². The average Bonchev–Trinajstić information content (AvgIpc) is 2.76. The van der Waals surface area contributed by atoms with Crippen LogP contribution in [0.3, 0.4) is 0 Å². The van der Waals surface area contributed by atoms with Gasteiger partial charge in [-0.05, 0) is 60.7 Å². The van der Waals surface area contributed by atoms with Crippen LogP contribution in [0.1, 0.15) is 35.7 Å². The monoisotopic (exact) mass is 424 g/mol.